The maximum atomic E-state index is 13.3. The zero-order valence-corrected chi connectivity index (χ0v) is 18.8. The van der Waals surface area contributed by atoms with Crippen LogP contribution in [0.3, 0.4) is 0 Å². The number of anilines is 1. The van der Waals surface area contributed by atoms with Gasteiger partial charge in [0.15, 0.2) is 5.69 Å². The molecule has 0 spiro atoms. The molecule has 1 aliphatic rings. The van der Waals surface area contributed by atoms with Crippen LogP contribution in [0.4, 0.5) is 5.69 Å². The van der Waals surface area contributed by atoms with Gasteiger partial charge < -0.3 is 9.47 Å². The molecule has 1 amide bonds. The molecule has 1 aliphatic heterocycles. The zero-order valence-electron chi connectivity index (χ0n) is 18.0. The fraction of sp³-hybridized carbons (Fsp3) is 0.250. The molecule has 2 heterocycles. The van der Waals surface area contributed by atoms with Gasteiger partial charge in [0.05, 0.1) is 5.69 Å². The third-order valence-electron chi connectivity index (χ3n) is 4.96. The van der Waals surface area contributed by atoms with E-state index in [4.69, 9.17) is 9.47 Å². The third-order valence-corrected chi connectivity index (χ3v) is 5.50. The third kappa shape index (κ3) is 4.31. The molecule has 0 fully saturated rings. The number of benzene rings is 2. The van der Waals surface area contributed by atoms with Crippen molar-refractivity contribution in [1.82, 2.24) is 15.2 Å². The highest BCUT2D eigenvalue weighted by Gasteiger charge is 2.35. The lowest BCUT2D eigenvalue weighted by molar-refractivity contribution is -0.120. The molecule has 0 N–H and O–H groups in total. The van der Waals surface area contributed by atoms with Gasteiger partial charge in [0, 0.05) is 17.5 Å². The van der Waals surface area contributed by atoms with E-state index in [0.29, 0.717) is 35.5 Å². The lowest BCUT2D eigenvalue weighted by Crippen LogP contribution is -2.37. The monoisotopic (exact) mass is 448 g/mol. The van der Waals surface area contributed by atoms with E-state index in [1.165, 1.54) is 11.8 Å². The largest absolute Gasteiger partial charge is 0.490 e. The first-order valence-electron chi connectivity index (χ1n) is 10.4. The van der Waals surface area contributed by atoms with Crippen molar-refractivity contribution in [2.24, 2.45) is 0 Å². The normalized spacial score (nSPS) is 14.6. The van der Waals surface area contributed by atoms with Gasteiger partial charge in [0.2, 0.25) is 23.2 Å². The van der Waals surface area contributed by atoms with Crippen LogP contribution in [0.5, 0.6) is 11.6 Å². The van der Waals surface area contributed by atoms with Crippen molar-refractivity contribution in [2.45, 2.75) is 31.1 Å². The standard InChI is InChI=1S/C24H24N4O3S/c1-4-8-20(29)28-19-10-7-6-9-18(19)21-22(25-24(32-3)27-26-21)31-23(28)16-11-13-17(14-12-16)30-15-5-2/h5-7,9-14,23H,2,4,8,15H2,1,3H3/t23-/m1/s1. The van der Waals surface area contributed by atoms with Gasteiger partial charge in [-0.2, -0.15) is 4.98 Å². The van der Waals surface area contributed by atoms with Gasteiger partial charge in [0.1, 0.15) is 12.4 Å². The van der Waals surface area contributed by atoms with E-state index in [1.54, 1.807) is 11.0 Å². The van der Waals surface area contributed by atoms with Gasteiger partial charge in [-0.3, -0.25) is 9.69 Å². The highest BCUT2D eigenvalue weighted by atomic mass is 32.2. The number of nitrogens with zero attached hydrogens (tertiary/aromatic N) is 4. The molecule has 0 bridgehead atoms. The summed E-state index contributed by atoms with van der Waals surface area (Å²) in [5, 5.41) is 9.07. The van der Waals surface area contributed by atoms with Crippen molar-refractivity contribution in [3.63, 3.8) is 0 Å². The molecular formula is C24H24N4O3S. The highest BCUT2D eigenvalue weighted by molar-refractivity contribution is 7.98. The molecule has 3 aromatic rings. The fourth-order valence-electron chi connectivity index (χ4n) is 3.50. The van der Waals surface area contributed by atoms with E-state index < -0.39 is 6.23 Å². The van der Waals surface area contributed by atoms with Crippen molar-refractivity contribution in [3.8, 4) is 22.9 Å². The van der Waals surface area contributed by atoms with E-state index >= 15 is 0 Å². The van der Waals surface area contributed by atoms with Gasteiger partial charge in [-0.25, -0.2) is 0 Å². The molecular weight excluding hydrogens is 424 g/mol. The summed E-state index contributed by atoms with van der Waals surface area (Å²) >= 11 is 1.38. The number of carbonyl (C=O) groups is 1. The summed E-state index contributed by atoms with van der Waals surface area (Å²) in [6, 6.07) is 15.1. The topological polar surface area (TPSA) is 77.4 Å². The number of hydrogen-bond donors (Lipinski definition) is 0. The summed E-state index contributed by atoms with van der Waals surface area (Å²) in [5.41, 5.74) is 2.79. The molecule has 0 aliphatic carbocycles. The minimum Gasteiger partial charge on any atom is -0.490 e. The van der Waals surface area contributed by atoms with Crippen LogP contribution >= 0.6 is 11.8 Å². The Morgan fingerprint density at radius 3 is 2.72 bits per heavy atom. The Balaban J connectivity index is 1.86. The van der Waals surface area contributed by atoms with Gasteiger partial charge in [-0.1, -0.05) is 49.5 Å². The number of carbonyl (C=O) groups excluding carboxylic acids is 1. The Labute approximate surface area is 191 Å². The summed E-state index contributed by atoms with van der Waals surface area (Å²) in [6.07, 6.45) is 3.97. The first-order valence-corrected chi connectivity index (χ1v) is 11.6. The Hall–Kier alpha value is -3.39. The molecule has 1 atom stereocenters. The van der Waals surface area contributed by atoms with Crippen molar-refractivity contribution >= 4 is 23.4 Å². The van der Waals surface area contributed by atoms with E-state index in [2.05, 4.69) is 21.8 Å². The average Bonchev–Trinajstić information content (AvgIpc) is 2.97. The second-order valence-electron chi connectivity index (χ2n) is 7.12. The lowest BCUT2D eigenvalue weighted by atomic mass is 10.1. The van der Waals surface area contributed by atoms with Crippen LogP contribution in [-0.2, 0) is 4.79 Å². The molecule has 7 nitrogen and oxygen atoms in total. The Kier molecular flexibility index (Phi) is 6.70. The van der Waals surface area contributed by atoms with Crippen LogP contribution in [0.2, 0.25) is 0 Å². The van der Waals surface area contributed by atoms with Crippen LogP contribution in [-0.4, -0.2) is 34.0 Å². The van der Waals surface area contributed by atoms with Crippen LogP contribution in [0.25, 0.3) is 11.3 Å². The van der Waals surface area contributed by atoms with Crippen molar-refractivity contribution in [3.05, 3.63) is 66.7 Å². The molecule has 4 rings (SSSR count). The van der Waals surface area contributed by atoms with E-state index in [1.807, 2.05) is 61.7 Å². The maximum absolute atomic E-state index is 13.3. The highest BCUT2D eigenvalue weighted by Crippen LogP contribution is 2.43. The molecule has 0 saturated heterocycles. The van der Waals surface area contributed by atoms with Crippen molar-refractivity contribution in [2.75, 3.05) is 17.8 Å². The molecule has 8 heteroatoms. The number of amides is 1. The second kappa shape index (κ2) is 9.82. The van der Waals surface area contributed by atoms with Crippen LogP contribution in [0.15, 0.2) is 66.3 Å². The summed E-state index contributed by atoms with van der Waals surface area (Å²) < 4.78 is 12.0. The van der Waals surface area contributed by atoms with Crippen LogP contribution < -0.4 is 14.4 Å². The smallest absolute Gasteiger partial charge is 0.247 e. The van der Waals surface area contributed by atoms with Gasteiger partial charge in [-0.15, -0.1) is 10.2 Å². The Morgan fingerprint density at radius 1 is 1.22 bits per heavy atom. The van der Waals surface area contributed by atoms with Crippen molar-refractivity contribution < 1.29 is 14.3 Å². The molecule has 2 aromatic carbocycles. The quantitative estimate of drug-likeness (QED) is 0.370. The molecule has 1 aromatic heterocycles. The number of ether oxygens (including phenoxy) is 2. The summed E-state index contributed by atoms with van der Waals surface area (Å²) in [5.74, 6) is 1.02. The average molecular weight is 449 g/mol. The van der Waals surface area contributed by atoms with Crippen LogP contribution in [0, 0.1) is 0 Å². The van der Waals surface area contributed by atoms with Gasteiger partial charge >= 0.3 is 0 Å². The van der Waals surface area contributed by atoms with Crippen LogP contribution in [0.1, 0.15) is 31.6 Å². The molecule has 0 unspecified atom stereocenters. The fourth-order valence-corrected chi connectivity index (χ4v) is 3.80. The zero-order chi connectivity index (χ0) is 22.5. The first-order chi connectivity index (χ1) is 15.7. The number of hydrogen-bond acceptors (Lipinski definition) is 7. The summed E-state index contributed by atoms with van der Waals surface area (Å²) in [4.78, 5) is 19.6. The van der Waals surface area contributed by atoms with E-state index in [9.17, 15) is 4.79 Å². The number of rotatable bonds is 7. The summed E-state index contributed by atoms with van der Waals surface area (Å²) in [6.45, 7) is 6.07. The van der Waals surface area contributed by atoms with Crippen molar-refractivity contribution in [1.29, 1.82) is 0 Å². The predicted molar refractivity (Wildman–Crippen MR) is 125 cm³/mol. The minimum absolute atomic E-state index is 0.0391. The Morgan fingerprint density at radius 2 is 2.00 bits per heavy atom. The number of fused-ring (bicyclic) bond motifs is 3. The first kappa shape index (κ1) is 21.8. The Bertz CT molecular complexity index is 1120. The molecule has 0 radical (unpaired) electrons. The minimum atomic E-state index is -0.712. The molecule has 0 saturated carbocycles. The predicted octanol–water partition coefficient (Wildman–Crippen LogP) is 5.05. The molecule has 32 heavy (non-hydrogen) atoms. The molecule has 164 valence electrons. The number of aromatic nitrogens is 3. The number of thioether (sulfide) groups is 1. The SMILES string of the molecule is C=CCOc1ccc([C@H]2Oc3nc(SC)nnc3-c3ccccc3N2C(=O)CCC)cc1. The van der Waals surface area contributed by atoms with E-state index in [-0.39, 0.29) is 5.91 Å². The number of para-hydroxylation sites is 1. The summed E-state index contributed by atoms with van der Waals surface area (Å²) in [7, 11) is 0. The maximum Gasteiger partial charge on any atom is 0.247 e. The van der Waals surface area contributed by atoms with Gasteiger partial charge in [0.25, 0.3) is 0 Å². The van der Waals surface area contributed by atoms with E-state index in [0.717, 1.165) is 23.2 Å². The lowest BCUT2D eigenvalue weighted by Gasteiger charge is -2.31. The second-order valence-corrected chi connectivity index (χ2v) is 7.90. The van der Waals surface area contributed by atoms with Gasteiger partial charge in [-0.05, 0) is 43.0 Å².